The highest BCUT2D eigenvalue weighted by Gasteiger charge is 2.29. The van der Waals surface area contributed by atoms with E-state index in [-0.39, 0.29) is 11.5 Å². The minimum Gasteiger partial charge on any atom is -0.467 e. The number of ether oxygens (including phenoxy) is 1. The summed E-state index contributed by atoms with van der Waals surface area (Å²) in [6.45, 7) is 7.05. The van der Waals surface area contributed by atoms with Crippen LogP contribution < -0.4 is 4.74 Å². The molecule has 1 aromatic rings. The summed E-state index contributed by atoms with van der Waals surface area (Å²) in [7, 11) is 1.57. The van der Waals surface area contributed by atoms with Crippen LogP contribution >= 0.6 is 0 Å². The summed E-state index contributed by atoms with van der Waals surface area (Å²) >= 11 is 0. The molecule has 0 radical (unpaired) electrons. The van der Waals surface area contributed by atoms with Crippen molar-refractivity contribution in [2.45, 2.75) is 39.3 Å². The minimum absolute atomic E-state index is 0.132. The second kappa shape index (κ2) is 5.84. The van der Waals surface area contributed by atoms with E-state index in [2.05, 4.69) is 28.7 Å². The summed E-state index contributed by atoms with van der Waals surface area (Å²) in [5.41, 5.74) is 1.09. The highest BCUT2D eigenvalue weighted by atomic mass is 16.5. The Hall–Kier alpha value is -1.20. The molecule has 1 aliphatic rings. The van der Waals surface area contributed by atoms with Crippen molar-refractivity contribution >= 4 is 0 Å². The third-order valence-electron chi connectivity index (χ3n) is 3.48. The number of likely N-dealkylation sites (tertiary alicyclic amines) is 1. The third-order valence-corrected chi connectivity index (χ3v) is 3.48. The summed E-state index contributed by atoms with van der Waals surface area (Å²) in [5, 5.41) is 9.92. The average molecular weight is 265 g/mol. The van der Waals surface area contributed by atoms with Gasteiger partial charge >= 0.3 is 6.01 Å². The number of rotatable bonds is 3. The number of hydrogen-bond acceptors (Lipinski definition) is 5. The molecule has 106 valence electrons. The van der Waals surface area contributed by atoms with E-state index in [1.807, 2.05) is 6.07 Å². The summed E-state index contributed by atoms with van der Waals surface area (Å²) < 4.78 is 5.05. The molecule has 1 N–H and O–H groups in total. The molecule has 1 saturated heterocycles. The largest absolute Gasteiger partial charge is 0.467 e. The van der Waals surface area contributed by atoms with Gasteiger partial charge in [0.25, 0.3) is 0 Å². The van der Waals surface area contributed by atoms with Gasteiger partial charge in [-0.1, -0.05) is 13.8 Å². The average Bonchev–Trinajstić information content (AvgIpc) is 2.47. The van der Waals surface area contributed by atoms with Gasteiger partial charge in [-0.2, -0.15) is 4.98 Å². The lowest BCUT2D eigenvalue weighted by Crippen LogP contribution is -2.32. The highest BCUT2D eigenvalue weighted by Crippen LogP contribution is 2.28. The molecule has 0 bridgehead atoms. The summed E-state index contributed by atoms with van der Waals surface area (Å²) in [4.78, 5) is 10.7. The highest BCUT2D eigenvalue weighted by molar-refractivity contribution is 5.05. The molecule has 1 atom stereocenters. The topological polar surface area (TPSA) is 58.5 Å². The van der Waals surface area contributed by atoms with Crippen LogP contribution in [0.4, 0.5) is 0 Å². The molecule has 0 spiro atoms. The van der Waals surface area contributed by atoms with Gasteiger partial charge in [-0.3, -0.25) is 4.90 Å². The molecule has 1 aliphatic heterocycles. The molecule has 1 aromatic heterocycles. The fraction of sp³-hybridized carbons (Fsp3) is 0.714. The Morgan fingerprint density at radius 2 is 2.32 bits per heavy atom. The van der Waals surface area contributed by atoms with Crippen molar-refractivity contribution in [3.8, 4) is 6.01 Å². The van der Waals surface area contributed by atoms with Crippen molar-refractivity contribution in [1.29, 1.82) is 0 Å². The monoisotopic (exact) mass is 265 g/mol. The molecule has 19 heavy (non-hydrogen) atoms. The van der Waals surface area contributed by atoms with Crippen LogP contribution in [-0.2, 0) is 6.54 Å². The van der Waals surface area contributed by atoms with Gasteiger partial charge in [-0.25, -0.2) is 4.98 Å². The number of aromatic nitrogens is 2. The maximum atomic E-state index is 9.92. The first-order valence-electron chi connectivity index (χ1n) is 6.75. The van der Waals surface area contributed by atoms with Gasteiger partial charge < -0.3 is 9.84 Å². The summed E-state index contributed by atoms with van der Waals surface area (Å²) in [6.07, 6.45) is 3.21. The van der Waals surface area contributed by atoms with Gasteiger partial charge in [0.15, 0.2) is 0 Å². The van der Waals surface area contributed by atoms with Crippen molar-refractivity contribution in [3.05, 3.63) is 18.0 Å². The molecule has 1 fully saturated rings. The summed E-state index contributed by atoms with van der Waals surface area (Å²) in [6, 6.07) is 2.32. The van der Waals surface area contributed by atoms with E-state index in [4.69, 9.17) is 4.74 Å². The van der Waals surface area contributed by atoms with E-state index in [9.17, 15) is 5.11 Å². The maximum absolute atomic E-state index is 9.92. The quantitative estimate of drug-likeness (QED) is 0.897. The molecule has 1 unspecified atom stereocenters. The van der Waals surface area contributed by atoms with Crippen molar-refractivity contribution in [2.24, 2.45) is 5.41 Å². The summed E-state index contributed by atoms with van der Waals surface area (Å²) in [5.74, 6) is 0. The zero-order valence-corrected chi connectivity index (χ0v) is 12.0. The van der Waals surface area contributed by atoms with Gasteiger partial charge in [-0.05, 0) is 24.3 Å². The molecular weight excluding hydrogens is 242 g/mol. The molecule has 5 nitrogen and oxygen atoms in total. The SMILES string of the molecule is COc1nccc(CN2CCC(O)CC(C)(C)C2)n1. The lowest BCUT2D eigenvalue weighted by molar-refractivity contribution is 0.121. The van der Waals surface area contributed by atoms with E-state index in [0.717, 1.165) is 38.2 Å². The van der Waals surface area contributed by atoms with Crippen LogP contribution in [0.5, 0.6) is 6.01 Å². The van der Waals surface area contributed by atoms with Crippen molar-refractivity contribution in [3.63, 3.8) is 0 Å². The zero-order valence-electron chi connectivity index (χ0n) is 12.0. The Labute approximate surface area is 114 Å². The third kappa shape index (κ3) is 4.14. The molecule has 2 rings (SSSR count). The Bertz CT molecular complexity index is 423. The first-order chi connectivity index (χ1) is 8.98. The first-order valence-corrected chi connectivity index (χ1v) is 6.75. The Balaban J connectivity index is 2.05. The lowest BCUT2D eigenvalue weighted by Gasteiger charge is -2.29. The van der Waals surface area contributed by atoms with Crippen molar-refractivity contribution < 1.29 is 9.84 Å². The van der Waals surface area contributed by atoms with Crippen LogP contribution in [0.25, 0.3) is 0 Å². The smallest absolute Gasteiger partial charge is 0.316 e. The second-order valence-corrected chi connectivity index (χ2v) is 6.06. The number of methoxy groups -OCH3 is 1. The van der Waals surface area contributed by atoms with E-state index in [0.29, 0.717) is 6.01 Å². The fourth-order valence-electron chi connectivity index (χ4n) is 2.75. The van der Waals surface area contributed by atoms with E-state index < -0.39 is 0 Å². The van der Waals surface area contributed by atoms with Gasteiger partial charge in [0.1, 0.15) is 0 Å². The normalized spacial score (nSPS) is 23.9. The number of nitrogens with zero attached hydrogens (tertiary/aromatic N) is 3. The number of hydrogen-bond donors (Lipinski definition) is 1. The minimum atomic E-state index is -0.195. The van der Waals surface area contributed by atoms with Crippen LogP contribution in [0, 0.1) is 5.41 Å². The molecule has 5 heteroatoms. The number of aliphatic hydroxyl groups is 1. The molecule has 0 aromatic carbocycles. The lowest BCUT2D eigenvalue weighted by atomic mass is 9.87. The van der Waals surface area contributed by atoms with E-state index >= 15 is 0 Å². The number of aliphatic hydroxyl groups excluding tert-OH is 1. The predicted molar refractivity (Wildman–Crippen MR) is 72.9 cm³/mol. The van der Waals surface area contributed by atoms with Crippen molar-refractivity contribution in [2.75, 3.05) is 20.2 Å². The van der Waals surface area contributed by atoms with Crippen LogP contribution in [0.15, 0.2) is 12.3 Å². The first kappa shape index (κ1) is 14.2. The Kier molecular flexibility index (Phi) is 4.37. The van der Waals surface area contributed by atoms with Crippen LogP contribution in [0.2, 0.25) is 0 Å². The molecule has 0 aliphatic carbocycles. The standard InChI is InChI=1S/C14H23N3O2/c1-14(2)8-12(18)5-7-17(10-14)9-11-4-6-15-13(16-11)19-3/h4,6,12,18H,5,7-10H2,1-3H3. The molecular formula is C14H23N3O2. The van der Waals surface area contributed by atoms with E-state index in [1.54, 1.807) is 13.3 Å². The molecule has 0 saturated carbocycles. The maximum Gasteiger partial charge on any atom is 0.316 e. The van der Waals surface area contributed by atoms with Crippen LogP contribution in [0.3, 0.4) is 0 Å². The predicted octanol–water partition coefficient (Wildman–Crippen LogP) is 1.47. The van der Waals surface area contributed by atoms with Crippen LogP contribution in [0.1, 0.15) is 32.4 Å². The van der Waals surface area contributed by atoms with Gasteiger partial charge in [0, 0.05) is 25.8 Å². The van der Waals surface area contributed by atoms with Gasteiger partial charge in [-0.15, -0.1) is 0 Å². The Morgan fingerprint density at radius 3 is 3.05 bits per heavy atom. The second-order valence-electron chi connectivity index (χ2n) is 6.06. The van der Waals surface area contributed by atoms with Crippen LogP contribution in [-0.4, -0.2) is 46.3 Å². The Morgan fingerprint density at radius 1 is 1.53 bits per heavy atom. The molecule has 0 amide bonds. The van der Waals surface area contributed by atoms with Gasteiger partial charge in [0.05, 0.1) is 18.9 Å². The zero-order chi connectivity index (χ0) is 13.9. The van der Waals surface area contributed by atoms with E-state index in [1.165, 1.54) is 0 Å². The fourth-order valence-corrected chi connectivity index (χ4v) is 2.75. The van der Waals surface area contributed by atoms with Gasteiger partial charge in [0.2, 0.25) is 0 Å². The van der Waals surface area contributed by atoms with Crippen molar-refractivity contribution in [1.82, 2.24) is 14.9 Å². The molecule has 2 heterocycles.